The monoisotopic (exact) mass is 219 g/mol. The van der Waals surface area contributed by atoms with E-state index in [1.807, 2.05) is 6.07 Å². The molecule has 88 valence electrons. The summed E-state index contributed by atoms with van der Waals surface area (Å²) in [5.74, 6) is 0. The molecule has 2 heteroatoms. The van der Waals surface area contributed by atoms with E-state index in [4.69, 9.17) is 4.74 Å². The molecule has 16 heavy (non-hydrogen) atoms. The van der Waals surface area contributed by atoms with Crippen molar-refractivity contribution in [3.8, 4) is 0 Å². The molecule has 0 atom stereocenters. The van der Waals surface area contributed by atoms with E-state index in [-0.39, 0.29) is 0 Å². The number of hydrogen-bond acceptors (Lipinski definition) is 2. The van der Waals surface area contributed by atoms with Crippen molar-refractivity contribution >= 4 is 0 Å². The molecule has 0 spiro atoms. The smallest absolute Gasteiger partial charge is 0.0720 e. The fraction of sp³-hybridized carbons (Fsp3) is 0.571. The molecule has 1 N–H and O–H groups in total. The van der Waals surface area contributed by atoms with Crippen LogP contribution in [-0.4, -0.2) is 19.2 Å². The number of hydrogen-bond donors (Lipinski definition) is 1. The highest BCUT2D eigenvalue weighted by atomic mass is 16.5. The van der Waals surface area contributed by atoms with Gasteiger partial charge in [0, 0.05) is 6.04 Å². The minimum Gasteiger partial charge on any atom is -0.374 e. The van der Waals surface area contributed by atoms with Crippen LogP contribution in [-0.2, 0) is 11.3 Å². The van der Waals surface area contributed by atoms with Gasteiger partial charge in [0.1, 0.15) is 0 Å². The maximum absolute atomic E-state index is 5.93. The maximum atomic E-state index is 5.93. The molecule has 0 bridgehead atoms. The molecule has 0 saturated heterocycles. The first-order valence-corrected chi connectivity index (χ1v) is 6.21. The van der Waals surface area contributed by atoms with Crippen LogP contribution in [0.5, 0.6) is 0 Å². The summed E-state index contributed by atoms with van der Waals surface area (Å²) in [5.41, 5.74) is 1.28. The van der Waals surface area contributed by atoms with Crippen molar-refractivity contribution in [2.75, 3.05) is 7.05 Å². The van der Waals surface area contributed by atoms with E-state index >= 15 is 0 Å². The molecule has 1 saturated carbocycles. The van der Waals surface area contributed by atoms with Gasteiger partial charge in [-0.2, -0.15) is 0 Å². The van der Waals surface area contributed by atoms with Crippen LogP contribution in [0.4, 0.5) is 0 Å². The van der Waals surface area contributed by atoms with Crippen LogP contribution < -0.4 is 5.32 Å². The van der Waals surface area contributed by atoms with E-state index in [2.05, 4.69) is 36.6 Å². The van der Waals surface area contributed by atoms with Gasteiger partial charge in [0.2, 0.25) is 0 Å². The third kappa shape index (κ3) is 3.32. The highest BCUT2D eigenvalue weighted by Gasteiger charge is 2.20. The summed E-state index contributed by atoms with van der Waals surface area (Å²) in [4.78, 5) is 0. The van der Waals surface area contributed by atoms with Crippen molar-refractivity contribution in [1.82, 2.24) is 5.32 Å². The Labute approximate surface area is 98.0 Å². The Morgan fingerprint density at radius 2 is 1.81 bits per heavy atom. The van der Waals surface area contributed by atoms with Crippen LogP contribution in [0.1, 0.15) is 31.2 Å². The molecule has 0 unspecified atom stereocenters. The lowest BCUT2D eigenvalue weighted by Gasteiger charge is -2.28. The van der Waals surface area contributed by atoms with Crippen LogP contribution in [0, 0.1) is 0 Å². The van der Waals surface area contributed by atoms with Gasteiger partial charge in [0.15, 0.2) is 0 Å². The van der Waals surface area contributed by atoms with Gasteiger partial charge < -0.3 is 10.1 Å². The van der Waals surface area contributed by atoms with Gasteiger partial charge in [-0.05, 0) is 38.3 Å². The lowest BCUT2D eigenvalue weighted by atomic mass is 9.93. The molecule has 1 aliphatic rings. The normalized spacial score (nSPS) is 25.6. The summed E-state index contributed by atoms with van der Waals surface area (Å²) in [7, 11) is 2.05. The van der Waals surface area contributed by atoms with Crippen LogP contribution in [0.25, 0.3) is 0 Å². The quantitative estimate of drug-likeness (QED) is 0.840. The van der Waals surface area contributed by atoms with Gasteiger partial charge in [-0.1, -0.05) is 30.3 Å². The fourth-order valence-corrected chi connectivity index (χ4v) is 2.31. The van der Waals surface area contributed by atoms with Gasteiger partial charge in [0.25, 0.3) is 0 Å². The van der Waals surface area contributed by atoms with Crippen molar-refractivity contribution in [3.63, 3.8) is 0 Å². The number of ether oxygens (including phenoxy) is 1. The Morgan fingerprint density at radius 1 is 1.12 bits per heavy atom. The highest BCUT2D eigenvalue weighted by molar-refractivity contribution is 5.13. The first kappa shape index (κ1) is 11.6. The second-order valence-electron chi connectivity index (χ2n) is 4.56. The van der Waals surface area contributed by atoms with Crippen molar-refractivity contribution in [3.05, 3.63) is 35.9 Å². The van der Waals surface area contributed by atoms with Crippen LogP contribution >= 0.6 is 0 Å². The Morgan fingerprint density at radius 3 is 2.44 bits per heavy atom. The van der Waals surface area contributed by atoms with E-state index in [0.717, 1.165) is 6.61 Å². The molecular formula is C14H21NO. The zero-order chi connectivity index (χ0) is 11.2. The number of nitrogens with one attached hydrogen (secondary N) is 1. The second-order valence-corrected chi connectivity index (χ2v) is 4.56. The summed E-state index contributed by atoms with van der Waals surface area (Å²) in [5, 5.41) is 3.34. The van der Waals surface area contributed by atoms with Crippen LogP contribution in [0.15, 0.2) is 30.3 Å². The SMILES string of the molecule is CN[C@H]1CC[C@H](OCc2ccccc2)CC1. The topological polar surface area (TPSA) is 21.3 Å². The van der Waals surface area contributed by atoms with Gasteiger partial charge in [-0.15, -0.1) is 0 Å². The molecule has 1 fully saturated rings. The van der Waals surface area contributed by atoms with Gasteiger partial charge in [0.05, 0.1) is 12.7 Å². The van der Waals surface area contributed by atoms with E-state index < -0.39 is 0 Å². The average molecular weight is 219 g/mol. The third-order valence-corrected chi connectivity index (χ3v) is 3.41. The van der Waals surface area contributed by atoms with Crippen LogP contribution in [0.3, 0.4) is 0 Å². The second kappa shape index (κ2) is 6.02. The summed E-state index contributed by atoms with van der Waals surface area (Å²) < 4.78 is 5.93. The van der Waals surface area contributed by atoms with E-state index in [0.29, 0.717) is 12.1 Å². The average Bonchev–Trinajstić information content (AvgIpc) is 2.38. The lowest BCUT2D eigenvalue weighted by molar-refractivity contribution is 0.0118. The predicted octanol–water partition coefficient (Wildman–Crippen LogP) is 2.73. The first-order valence-electron chi connectivity index (χ1n) is 6.21. The molecule has 1 aliphatic carbocycles. The number of rotatable bonds is 4. The molecule has 2 rings (SSSR count). The molecule has 0 aromatic heterocycles. The minimum atomic E-state index is 0.463. The predicted molar refractivity (Wildman–Crippen MR) is 66.3 cm³/mol. The summed E-state index contributed by atoms with van der Waals surface area (Å²) in [6.07, 6.45) is 5.34. The van der Waals surface area contributed by atoms with Gasteiger partial charge >= 0.3 is 0 Å². The molecule has 0 heterocycles. The highest BCUT2D eigenvalue weighted by Crippen LogP contribution is 2.21. The molecule has 1 aromatic carbocycles. The Kier molecular flexibility index (Phi) is 4.37. The van der Waals surface area contributed by atoms with Crippen molar-refractivity contribution < 1.29 is 4.74 Å². The lowest BCUT2D eigenvalue weighted by Crippen LogP contribution is -2.32. The largest absolute Gasteiger partial charge is 0.374 e. The van der Waals surface area contributed by atoms with Crippen molar-refractivity contribution in [1.29, 1.82) is 0 Å². The molecular weight excluding hydrogens is 198 g/mol. The fourth-order valence-electron chi connectivity index (χ4n) is 2.31. The van der Waals surface area contributed by atoms with Crippen LogP contribution in [0.2, 0.25) is 0 Å². The van der Waals surface area contributed by atoms with E-state index in [1.165, 1.54) is 31.2 Å². The summed E-state index contributed by atoms with van der Waals surface area (Å²) >= 11 is 0. The van der Waals surface area contributed by atoms with Crippen molar-refractivity contribution in [2.45, 2.75) is 44.4 Å². The van der Waals surface area contributed by atoms with Gasteiger partial charge in [-0.3, -0.25) is 0 Å². The Balaban J connectivity index is 1.72. The maximum Gasteiger partial charge on any atom is 0.0720 e. The standard InChI is InChI=1S/C14H21NO/c1-15-13-7-9-14(10-8-13)16-11-12-5-3-2-4-6-12/h2-6,13-15H,7-11H2,1H3/t13-,14-. The first-order chi connectivity index (χ1) is 7.88. The summed E-state index contributed by atoms with van der Waals surface area (Å²) in [6, 6.07) is 11.1. The van der Waals surface area contributed by atoms with E-state index in [1.54, 1.807) is 0 Å². The minimum absolute atomic E-state index is 0.463. The molecule has 2 nitrogen and oxygen atoms in total. The third-order valence-electron chi connectivity index (χ3n) is 3.41. The zero-order valence-corrected chi connectivity index (χ0v) is 9.99. The summed E-state index contributed by atoms with van der Waals surface area (Å²) in [6.45, 7) is 0.760. The van der Waals surface area contributed by atoms with E-state index in [9.17, 15) is 0 Å². The van der Waals surface area contributed by atoms with Gasteiger partial charge in [-0.25, -0.2) is 0 Å². The number of benzene rings is 1. The van der Waals surface area contributed by atoms with Crippen molar-refractivity contribution in [2.24, 2.45) is 0 Å². The molecule has 0 aliphatic heterocycles. The Hall–Kier alpha value is -0.860. The molecule has 0 amide bonds. The zero-order valence-electron chi connectivity index (χ0n) is 9.99. The Bertz CT molecular complexity index is 291. The molecule has 1 aromatic rings. The molecule has 0 radical (unpaired) electrons.